The van der Waals surface area contributed by atoms with E-state index in [1.165, 1.54) is 25.1 Å². The molecule has 0 bridgehead atoms. The largest absolute Gasteiger partial charge is 0.550 e. The van der Waals surface area contributed by atoms with Crippen LogP contribution in [-0.2, 0) is 16.0 Å². The molecular weight excluding hydrogens is 384 g/mol. The molecule has 0 saturated carbocycles. The van der Waals surface area contributed by atoms with E-state index >= 15 is 0 Å². The van der Waals surface area contributed by atoms with Gasteiger partial charge in [0.05, 0.1) is 0 Å². The first-order chi connectivity index (χ1) is 13.9. The van der Waals surface area contributed by atoms with Crippen molar-refractivity contribution in [3.8, 4) is 11.5 Å². The Morgan fingerprint density at radius 2 is 1.70 bits per heavy atom. The number of hydrogen-bond donors (Lipinski definition) is 3. The van der Waals surface area contributed by atoms with E-state index in [9.17, 15) is 30.0 Å². The Kier molecular flexibility index (Phi) is 9.53. The maximum Gasteiger partial charge on any atom is 0.188 e. The van der Waals surface area contributed by atoms with Crippen LogP contribution in [0.4, 0.5) is 0 Å². The first kappa shape index (κ1) is 25.2. The van der Waals surface area contributed by atoms with Crippen LogP contribution < -0.4 is 5.11 Å². The van der Waals surface area contributed by atoms with Crippen LogP contribution in [0.3, 0.4) is 0 Å². The highest BCUT2D eigenvalue weighted by Crippen LogP contribution is 2.32. The van der Waals surface area contributed by atoms with Gasteiger partial charge in [-0.05, 0) is 70.7 Å². The highest BCUT2D eigenvalue weighted by Gasteiger charge is 2.15. The first-order valence-corrected chi connectivity index (χ1v) is 9.88. The lowest BCUT2D eigenvalue weighted by Crippen LogP contribution is -2.28. The van der Waals surface area contributed by atoms with Crippen LogP contribution in [0.25, 0.3) is 0 Å². The van der Waals surface area contributed by atoms with E-state index in [4.69, 9.17) is 0 Å². The molecular formula is C24H31O6-. The summed E-state index contributed by atoms with van der Waals surface area (Å²) in [5, 5.41) is 41.2. The number of aliphatic carboxylic acids is 1. The van der Waals surface area contributed by atoms with Crippen molar-refractivity contribution in [1.82, 2.24) is 0 Å². The fraction of sp³-hybridized carbons (Fsp3) is 0.417. The monoisotopic (exact) mass is 415 g/mol. The molecule has 0 aliphatic carbocycles. The number of carboxylic acid groups (broad SMARTS) is 1. The molecule has 1 aromatic rings. The zero-order chi connectivity index (χ0) is 23.0. The topological polar surface area (TPSA) is 118 Å². The molecule has 6 nitrogen and oxygen atoms in total. The van der Waals surface area contributed by atoms with E-state index in [2.05, 4.69) is 0 Å². The molecule has 0 aliphatic heterocycles. The SMILES string of the molecule is CC(C)=CC(=O)C(O)C(C)=CCCC(C)=CCc1cc(O)c(C(C)C(=O)[O-])cc1O. The van der Waals surface area contributed by atoms with Gasteiger partial charge in [-0.1, -0.05) is 30.2 Å². The molecule has 0 aromatic heterocycles. The second-order valence-corrected chi connectivity index (χ2v) is 7.85. The lowest BCUT2D eigenvalue weighted by molar-refractivity contribution is -0.307. The van der Waals surface area contributed by atoms with E-state index in [1.54, 1.807) is 20.8 Å². The number of aliphatic hydroxyl groups is 1. The number of allylic oxidation sites excluding steroid dienone is 4. The van der Waals surface area contributed by atoms with E-state index in [-0.39, 0.29) is 22.8 Å². The Labute approximate surface area is 177 Å². The number of benzene rings is 1. The van der Waals surface area contributed by atoms with E-state index in [0.717, 1.165) is 11.1 Å². The van der Waals surface area contributed by atoms with Crippen LogP contribution in [0.5, 0.6) is 11.5 Å². The summed E-state index contributed by atoms with van der Waals surface area (Å²) in [7, 11) is 0. The minimum Gasteiger partial charge on any atom is -0.550 e. The number of aliphatic hydroxyl groups excluding tert-OH is 1. The van der Waals surface area contributed by atoms with Crippen molar-refractivity contribution >= 4 is 11.8 Å². The Morgan fingerprint density at radius 3 is 2.27 bits per heavy atom. The van der Waals surface area contributed by atoms with Crippen molar-refractivity contribution in [2.45, 2.75) is 65.9 Å². The quantitative estimate of drug-likeness (QED) is 0.307. The van der Waals surface area contributed by atoms with Crippen LogP contribution in [0, 0.1) is 0 Å². The van der Waals surface area contributed by atoms with Gasteiger partial charge in [-0.3, -0.25) is 4.79 Å². The van der Waals surface area contributed by atoms with E-state index in [0.29, 0.717) is 30.4 Å². The van der Waals surface area contributed by atoms with Crippen molar-refractivity contribution in [2.75, 3.05) is 0 Å². The average molecular weight is 416 g/mol. The summed E-state index contributed by atoms with van der Waals surface area (Å²) in [6, 6.07) is 2.62. The minimum atomic E-state index is -1.33. The summed E-state index contributed by atoms with van der Waals surface area (Å²) in [5.41, 5.74) is 3.07. The van der Waals surface area contributed by atoms with Gasteiger partial charge in [-0.2, -0.15) is 0 Å². The predicted octanol–water partition coefficient (Wildman–Crippen LogP) is 3.06. The Bertz CT molecular complexity index is 872. The molecule has 0 heterocycles. The molecule has 164 valence electrons. The highest BCUT2D eigenvalue weighted by molar-refractivity contribution is 5.95. The van der Waals surface area contributed by atoms with Crippen molar-refractivity contribution < 1.29 is 30.0 Å². The molecule has 1 rings (SSSR count). The molecule has 0 radical (unpaired) electrons. The lowest BCUT2D eigenvalue weighted by Gasteiger charge is -2.16. The molecule has 1 aromatic carbocycles. The van der Waals surface area contributed by atoms with E-state index < -0.39 is 18.0 Å². The summed E-state index contributed by atoms with van der Waals surface area (Å²) in [6.07, 6.45) is 5.75. The molecule has 0 aliphatic rings. The van der Waals surface area contributed by atoms with Gasteiger partial charge in [0.25, 0.3) is 0 Å². The predicted molar refractivity (Wildman–Crippen MR) is 114 cm³/mol. The number of ketones is 1. The number of hydrogen-bond acceptors (Lipinski definition) is 6. The number of carbonyl (C=O) groups excluding carboxylic acids is 2. The molecule has 3 N–H and O–H groups in total. The molecule has 0 spiro atoms. The number of carboxylic acids is 1. The number of aromatic hydroxyl groups is 2. The number of phenols is 2. The maximum absolute atomic E-state index is 11.9. The fourth-order valence-corrected chi connectivity index (χ4v) is 2.89. The second kappa shape index (κ2) is 11.4. The highest BCUT2D eigenvalue weighted by atomic mass is 16.4. The van der Waals surface area contributed by atoms with Gasteiger partial charge in [0.15, 0.2) is 5.78 Å². The normalized spacial score (nSPS) is 14.2. The van der Waals surface area contributed by atoms with Crippen LogP contribution in [0.1, 0.15) is 64.5 Å². The summed E-state index contributed by atoms with van der Waals surface area (Å²) in [6.45, 7) is 8.63. The van der Waals surface area contributed by atoms with Gasteiger partial charge < -0.3 is 25.2 Å². The number of phenolic OH excluding ortho intramolecular Hbond substituents is 2. The maximum atomic E-state index is 11.9. The molecule has 2 unspecified atom stereocenters. The fourth-order valence-electron chi connectivity index (χ4n) is 2.89. The summed E-state index contributed by atoms with van der Waals surface area (Å²) in [5.74, 6) is -2.97. The van der Waals surface area contributed by atoms with Gasteiger partial charge in [0.2, 0.25) is 0 Å². The third-order valence-corrected chi connectivity index (χ3v) is 4.86. The standard InChI is InChI=1S/C24H32O6/c1-14(2)11-22(27)23(28)16(4)8-6-7-15(3)9-10-18-12-21(26)19(13-20(18)25)17(5)24(29)30/h8-9,11-13,17,23,25-26,28H,6-7,10H2,1-5H3,(H,29,30)/p-1. The van der Waals surface area contributed by atoms with Gasteiger partial charge in [0.1, 0.15) is 17.6 Å². The third-order valence-electron chi connectivity index (χ3n) is 4.86. The molecule has 0 amide bonds. The van der Waals surface area contributed by atoms with Gasteiger partial charge in [-0.25, -0.2) is 0 Å². The molecule has 0 fully saturated rings. The summed E-state index contributed by atoms with van der Waals surface area (Å²) in [4.78, 5) is 22.8. The summed E-state index contributed by atoms with van der Waals surface area (Å²) >= 11 is 0. The molecule has 6 heteroatoms. The molecule has 0 saturated heterocycles. The first-order valence-electron chi connectivity index (χ1n) is 9.88. The summed E-state index contributed by atoms with van der Waals surface area (Å²) < 4.78 is 0. The third kappa shape index (κ3) is 7.52. The van der Waals surface area contributed by atoms with Crippen molar-refractivity contribution in [3.05, 3.63) is 58.2 Å². The Balaban J connectivity index is 2.74. The number of rotatable bonds is 10. The minimum absolute atomic E-state index is 0.0865. The Morgan fingerprint density at radius 1 is 1.07 bits per heavy atom. The average Bonchev–Trinajstić information content (AvgIpc) is 2.66. The van der Waals surface area contributed by atoms with Crippen LogP contribution >= 0.6 is 0 Å². The Hall–Kier alpha value is -2.86. The second-order valence-electron chi connectivity index (χ2n) is 7.85. The number of carbonyl (C=O) groups is 2. The smallest absolute Gasteiger partial charge is 0.188 e. The molecule has 30 heavy (non-hydrogen) atoms. The van der Waals surface area contributed by atoms with Gasteiger partial charge in [-0.15, -0.1) is 0 Å². The zero-order valence-electron chi connectivity index (χ0n) is 18.2. The lowest BCUT2D eigenvalue weighted by atomic mass is 9.96. The van der Waals surface area contributed by atoms with Crippen LogP contribution in [0.2, 0.25) is 0 Å². The van der Waals surface area contributed by atoms with Crippen molar-refractivity contribution in [2.24, 2.45) is 0 Å². The van der Waals surface area contributed by atoms with Gasteiger partial charge >= 0.3 is 0 Å². The van der Waals surface area contributed by atoms with Crippen molar-refractivity contribution in [3.63, 3.8) is 0 Å². The van der Waals surface area contributed by atoms with E-state index in [1.807, 2.05) is 19.1 Å². The van der Waals surface area contributed by atoms with Crippen LogP contribution in [-0.4, -0.2) is 33.2 Å². The van der Waals surface area contributed by atoms with Gasteiger partial charge in [0, 0.05) is 23.0 Å². The van der Waals surface area contributed by atoms with Crippen LogP contribution in [0.15, 0.2) is 47.1 Å². The zero-order valence-corrected chi connectivity index (χ0v) is 18.2. The molecule has 2 atom stereocenters. The van der Waals surface area contributed by atoms with Crippen molar-refractivity contribution in [1.29, 1.82) is 0 Å².